The van der Waals surface area contributed by atoms with Gasteiger partial charge in [-0.1, -0.05) is 0 Å². The van der Waals surface area contributed by atoms with E-state index in [1.54, 1.807) is 24.1 Å². The summed E-state index contributed by atoms with van der Waals surface area (Å²) in [5.74, 6) is 0.655. The molecule has 2 N–H and O–H groups in total. The maximum Gasteiger partial charge on any atom is 0.315 e. The number of rotatable bonds is 6. The van der Waals surface area contributed by atoms with Crippen LogP contribution in [0.4, 0.5) is 10.5 Å². The van der Waals surface area contributed by atoms with E-state index in [9.17, 15) is 9.59 Å². The molecule has 3 amide bonds. The number of amides is 3. The first-order chi connectivity index (χ1) is 9.93. The molecule has 0 spiro atoms. The molecule has 6 heteroatoms. The molecule has 0 saturated heterocycles. The second-order valence-electron chi connectivity index (χ2n) is 4.92. The fourth-order valence-corrected chi connectivity index (χ4v) is 1.82. The van der Waals surface area contributed by atoms with Crippen LogP contribution in [-0.4, -0.2) is 38.2 Å². The van der Waals surface area contributed by atoms with Crippen molar-refractivity contribution in [3.63, 3.8) is 0 Å². The third-order valence-electron chi connectivity index (χ3n) is 2.80. The minimum atomic E-state index is -0.233. The molecular weight excluding hydrogens is 270 g/mol. The minimum Gasteiger partial charge on any atom is -0.497 e. The lowest BCUT2D eigenvalue weighted by molar-refractivity contribution is -0.116. The normalized spacial score (nSPS) is 10.1. The SMILES string of the molecule is COc1ccc(N(CCNC(=O)NC(C)C)C(C)=O)cc1. The van der Waals surface area contributed by atoms with Gasteiger partial charge in [0.05, 0.1) is 7.11 Å². The molecule has 0 radical (unpaired) electrons. The molecule has 0 aliphatic rings. The number of ether oxygens (including phenoxy) is 1. The van der Waals surface area contributed by atoms with Crippen LogP contribution in [0.1, 0.15) is 20.8 Å². The number of anilines is 1. The van der Waals surface area contributed by atoms with Gasteiger partial charge in [0.2, 0.25) is 5.91 Å². The van der Waals surface area contributed by atoms with E-state index in [2.05, 4.69) is 10.6 Å². The van der Waals surface area contributed by atoms with Gasteiger partial charge in [-0.3, -0.25) is 4.79 Å². The van der Waals surface area contributed by atoms with Gasteiger partial charge in [-0.2, -0.15) is 0 Å². The molecule has 0 aliphatic heterocycles. The first kappa shape index (κ1) is 16.8. The second kappa shape index (κ2) is 8.14. The van der Waals surface area contributed by atoms with Crippen LogP contribution in [-0.2, 0) is 4.79 Å². The highest BCUT2D eigenvalue weighted by Crippen LogP contribution is 2.19. The third kappa shape index (κ3) is 5.72. The van der Waals surface area contributed by atoms with Crippen molar-refractivity contribution in [2.24, 2.45) is 0 Å². The van der Waals surface area contributed by atoms with Gasteiger partial charge in [0.15, 0.2) is 0 Å². The van der Waals surface area contributed by atoms with Crippen molar-refractivity contribution in [1.82, 2.24) is 10.6 Å². The van der Waals surface area contributed by atoms with E-state index in [0.717, 1.165) is 11.4 Å². The largest absolute Gasteiger partial charge is 0.497 e. The molecule has 116 valence electrons. The van der Waals surface area contributed by atoms with Crippen LogP contribution in [0, 0.1) is 0 Å². The first-order valence-corrected chi connectivity index (χ1v) is 6.90. The van der Waals surface area contributed by atoms with Crippen LogP contribution in [0.5, 0.6) is 5.75 Å². The minimum absolute atomic E-state index is 0.0776. The lowest BCUT2D eigenvalue weighted by Gasteiger charge is -2.22. The van der Waals surface area contributed by atoms with Crippen molar-refractivity contribution in [2.75, 3.05) is 25.1 Å². The molecule has 0 bridgehead atoms. The molecule has 0 aromatic heterocycles. The standard InChI is InChI=1S/C15H23N3O3/c1-11(2)17-15(20)16-9-10-18(12(3)19)13-5-7-14(21-4)8-6-13/h5-8,11H,9-10H2,1-4H3,(H2,16,17,20). The highest BCUT2D eigenvalue weighted by Gasteiger charge is 2.12. The smallest absolute Gasteiger partial charge is 0.315 e. The molecule has 0 saturated carbocycles. The van der Waals surface area contributed by atoms with Crippen LogP contribution < -0.4 is 20.3 Å². The number of nitrogens with one attached hydrogen (secondary N) is 2. The van der Waals surface area contributed by atoms with Crippen molar-refractivity contribution in [3.8, 4) is 5.75 Å². The molecule has 0 heterocycles. The van der Waals surface area contributed by atoms with E-state index >= 15 is 0 Å². The van der Waals surface area contributed by atoms with Gasteiger partial charge in [-0.05, 0) is 38.1 Å². The number of hydrogen-bond donors (Lipinski definition) is 2. The number of carbonyl (C=O) groups excluding carboxylic acids is 2. The van der Waals surface area contributed by atoms with Gasteiger partial charge in [-0.15, -0.1) is 0 Å². The Hall–Kier alpha value is -2.24. The Bertz CT molecular complexity index is 472. The molecule has 0 atom stereocenters. The maximum absolute atomic E-state index is 11.7. The summed E-state index contributed by atoms with van der Waals surface area (Å²) in [6.07, 6.45) is 0. The Morgan fingerprint density at radius 2 is 1.86 bits per heavy atom. The van der Waals surface area contributed by atoms with Crippen molar-refractivity contribution in [1.29, 1.82) is 0 Å². The first-order valence-electron chi connectivity index (χ1n) is 6.90. The topological polar surface area (TPSA) is 70.7 Å². The Morgan fingerprint density at radius 1 is 1.24 bits per heavy atom. The number of urea groups is 1. The van der Waals surface area contributed by atoms with Crippen LogP contribution in [0.15, 0.2) is 24.3 Å². The van der Waals surface area contributed by atoms with Crippen LogP contribution in [0.2, 0.25) is 0 Å². The molecule has 1 aromatic carbocycles. The van der Waals surface area contributed by atoms with Crippen molar-refractivity contribution < 1.29 is 14.3 Å². The van der Waals surface area contributed by atoms with Crippen molar-refractivity contribution in [2.45, 2.75) is 26.8 Å². The predicted octanol–water partition coefficient (Wildman–Crippen LogP) is 1.76. The molecule has 0 fully saturated rings. The quantitative estimate of drug-likeness (QED) is 0.839. The van der Waals surface area contributed by atoms with Gasteiger partial charge in [-0.25, -0.2) is 4.79 Å². The van der Waals surface area contributed by atoms with Gasteiger partial charge < -0.3 is 20.3 Å². The maximum atomic E-state index is 11.7. The van der Waals surface area contributed by atoms with E-state index in [1.807, 2.05) is 26.0 Å². The van der Waals surface area contributed by atoms with E-state index < -0.39 is 0 Å². The Morgan fingerprint density at radius 3 is 2.33 bits per heavy atom. The van der Waals surface area contributed by atoms with E-state index in [1.165, 1.54) is 6.92 Å². The number of methoxy groups -OCH3 is 1. The Labute approximate surface area is 125 Å². The number of hydrogen-bond acceptors (Lipinski definition) is 3. The van der Waals surface area contributed by atoms with Crippen LogP contribution in [0.25, 0.3) is 0 Å². The van der Waals surface area contributed by atoms with Gasteiger partial charge >= 0.3 is 6.03 Å². The summed E-state index contributed by atoms with van der Waals surface area (Å²) in [5.41, 5.74) is 0.773. The van der Waals surface area contributed by atoms with Crippen LogP contribution in [0.3, 0.4) is 0 Å². The summed E-state index contributed by atoms with van der Waals surface area (Å²) in [5, 5.41) is 5.45. The molecule has 0 aliphatic carbocycles. The Kier molecular flexibility index (Phi) is 6.52. The highest BCUT2D eigenvalue weighted by molar-refractivity contribution is 5.91. The number of carbonyl (C=O) groups is 2. The van der Waals surface area contributed by atoms with E-state index in [0.29, 0.717) is 13.1 Å². The molecule has 0 unspecified atom stereocenters. The summed E-state index contributed by atoms with van der Waals surface area (Å²) < 4.78 is 5.09. The lowest BCUT2D eigenvalue weighted by Crippen LogP contribution is -2.43. The monoisotopic (exact) mass is 293 g/mol. The molecule has 21 heavy (non-hydrogen) atoms. The number of benzene rings is 1. The lowest BCUT2D eigenvalue weighted by atomic mass is 10.2. The molecular formula is C15H23N3O3. The highest BCUT2D eigenvalue weighted by atomic mass is 16.5. The number of nitrogens with zero attached hydrogens (tertiary/aromatic N) is 1. The second-order valence-corrected chi connectivity index (χ2v) is 4.92. The van der Waals surface area contributed by atoms with Crippen molar-refractivity contribution in [3.05, 3.63) is 24.3 Å². The summed E-state index contributed by atoms with van der Waals surface area (Å²) in [7, 11) is 1.59. The summed E-state index contributed by atoms with van der Waals surface area (Å²) in [4.78, 5) is 24.8. The zero-order chi connectivity index (χ0) is 15.8. The summed E-state index contributed by atoms with van der Waals surface area (Å²) in [6, 6.07) is 7.07. The van der Waals surface area contributed by atoms with Crippen molar-refractivity contribution >= 4 is 17.6 Å². The van der Waals surface area contributed by atoms with E-state index in [-0.39, 0.29) is 18.0 Å². The molecule has 6 nitrogen and oxygen atoms in total. The fraction of sp³-hybridized carbons (Fsp3) is 0.467. The van der Waals surface area contributed by atoms with Gasteiger partial charge in [0.25, 0.3) is 0 Å². The zero-order valence-electron chi connectivity index (χ0n) is 13.0. The third-order valence-corrected chi connectivity index (χ3v) is 2.80. The van der Waals surface area contributed by atoms with Crippen LogP contribution >= 0.6 is 0 Å². The average molecular weight is 293 g/mol. The van der Waals surface area contributed by atoms with Gasteiger partial charge in [0, 0.05) is 31.7 Å². The average Bonchev–Trinajstić information content (AvgIpc) is 2.42. The zero-order valence-corrected chi connectivity index (χ0v) is 13.0. The molecule has 1 rings (SSSR count). The fourth-order valence-electron chi connectivity index (χ4n) is 1.82. The summed E-state index contributed by atoms with van der Waals surface area (Å²) >= 11 is 0. The Balaban J connectivity index is 2.57. The predicted molar refractivity (Wildman–Crippen MR) is 82.7 cm³/mol. The summed E-state index contributed by atoms with van der Waals surface area (Å²) in [6.45, 7) is 6.06. The van der Waals surface area contributed by atoms with E-state index in [4.69, 9.17) is 4.74 Å². The van der Waals surface area contributed by atoms with Gasteiger partial charge in [0.1, 0.15) is 5.75 Å². The molecule has 1 aromatic rings.